The number of furan rings is 1. The van der Waals surface area contributed by atoms with Crippen molar-refractivity contribution >= 4 is 45.8 Å². The first-order valence-corrected chi connectivity index (χ1v) is 8.82. The molecule has 2 aromatic carbocycles. The summed E-state index contributed by atoms with van der Waals surface area (Å²) in [6.45, 7) is 7.33. The van der Waals surface area contributed by atoms with Crippen LogP contribution in [0.1, 0.15) is 27.7 Å². The number of aromatic nitrogens is 1. The summed E-state index contributed by atoms with van der Waals surface area (Å²) in [6, 6.07) is 14.1. The fraction of sp³-hybridized carbons (Fsp3) is 0.286. The van der Waals surface area contributed by atoms with E-state index in [4.69, 9.17) is 9.07 Å². The van der Waals surface area contributed by atoms with Crippen LogP contribution in [0.5, 0.6) is 0 Å². The number of aliphatic hydroxyl groups is 1. The van der Waals surface area contributed by atoms with Crippen LogP contribution in [0.3, 0.4) is 0 Å². The standard InChI is InChI=1S/C21H22BNO3/c1-20(2,24)21(3,4)26-22-15-8-5-9-16-17(15)14-11-10-13-7-6-12-23-18(13)19(14)25-16/h5-12,22,24H,1-4H3. The molecule has 26 heavy (non-hydrogen) atoms. The van der Waals surface area contributed by atoms with Gasteiger partial charge in [0.05, 0.1) is 11.2 Å². The van der Waals surface area contributed by atoms with Gasteiger partial charge >= 0.3 is 7.48 Å². The maximum Gasteiger partial charge on any atom is 0.310 e. The van der Waals surface area contributed by atoms with Crippen molar-refractivity contribution in [1.29, 1.82) is 0 Å². The van der Waals surface area contributed by atoms with E-state index < -0.39 is 11.2 Å². The number of hydrogen-bond donors (Lipinski definition) is 1. The van der Waals surface area contributed by atoms with E-state index in [-0.39, 0.29) is 0 Å². The zero-order valence-electron chi connectivity index (χ0n) is 15.5. The second-order valence-corrected chi connectivity index (χ2v) is 7.77. The van der Waals surface area contributed by atoms with Crippen LogP contribution in [0.25, 0.3) is 32.8 Å². The molecule has 0 aliphatic rings. The zero-order chi connectivity index (χ0) is 18.5. The van der Waals surface area contributed by atoms with Crippen LogP contribution in [0.2, 0.25) is 0 Å². The van der Waals surface area contributed by atoms with Crippen LogP contribution in [0, 0.1) is 0 Å². The van der Waals surface area contributed by atoms with Crippen LogP contribution >= 0.6 is 0 Å². The molecule has 1 N–H and O–H groups in total. The first kappa shape index (κ1) is 17.1. The number of fused-ring (bicyclic) bond motifs is 5. The van der Waals surface area contributed by atoms with Gasteiger partial charge in [0, 0.05) is 22.4 Å². The maximum atomic E-state index is 10.3. The minimum atomic E-state index is -0.945. The molecule has 0 unspecified atom stereocenters. The SMILES string of the molecule is CC(C)(O)C(C)(C)OBc1cccc2oc3c(ccc4cccnc43)c12. The summed E-state index contributed by atoms with van der Waals surface area (Å²) in [4.78, 5) is 4.49. The Morgan fingerprint density at radius 2 is 1.85 bits per heavy atom. The van der Waals surface area contributed by atoms with E-state index in [2.05, 4.69) is 17.1 Å². The minimum absolute atomic E-state index is 0.392. The molecule has 0 aliphatic carbocycles. The number of pyridine rings is 1. The Morgan fingerprint density at radius 3 is 2.62 bits per heavy atom. The van der Waals surface area contributed by atoms with Gasteiger partial charge in [-0.1, -0.05) is 24.3 Å². The molecule has 132 valence electrons. The molecule has 0 fully saturated rings. The van der Waals surface area contributed by atoms with Crippen molar-refractivity contribution in [3.05, 3.63) is 48.7 Å². The van der Waals surface area contributed by atoms with Crippen molar-refractivity contribution in [2.45, 2.75) is 38.9 Å². The normalized spacial score (nSPS) is 13.0. The van der Waals surface area contributed by atoms with Gasteiger partial charge in [-0.05, 0) is 51.4 Å². The summed E-state index contributed by atoms with van der Waals surface area (Å²) in [7, 11) is 0.392. The first-order chi connectivity index (χ1) is 12.3. The average Bonchev–Trinajstić information content (AvgIpc) is 2.98. The topological polar surface area (TPSA) is 55.5 Å². The lowest BCUT2D eigenvalue weighted by molar-refractivity contribution is -0.0893. The molecule has 2 aromatic heterocycles. The number of hydrogen-bond acceptors (Lipinski definition) is 4. The van der Waals surface area contributed by atoms with Crippen LogP contribution in [-0.2, 0) is 4.65 Å². The molecule has 2 heterocycles. The van der Waals surface area contributed by atoms with Crippen LogP contribution in [0.4, 0.5) is 0 Å². The molecule has 4 aromatic rings. The highest BCUT2D eigenvalue weighted by Gasteiger charge is 2.35. The summed E-state index contributed by atoms with van der Waals surface area (Å²) < 4.78 is 12.2. The smallest absolute Gasteiger partial charge is 0.310 e. The number of nitrogens with zero attached hydrogens (tertiary/aromatic N) is 1. The molecule has 0 saturated heterocycles. The van der Waals surface area contributed by atoms with Gasteiger partial charge < -0.3 is 14.2 Å². The molecular formula is C21H22BNO3. The maximum absolute atomic E-state index is 10.3. The van der Waals surface area contributed by atoms with Gasteiger partial charge in [-0.15, -0.1) is 0 Å². The number of benzene rings is 2. The van der Waals surface area contributed by atoms with Crippen molar-refractivity contribution in [2.24, 2.45) is 0 Å². The monoisotopic (exact) mass is 347 g/mol. The van der Waals surface area contributed by atoms with E-state index in [1.165, 1.54) is 0 Å². The predicted octanol–water partition coefficient (Wildman–Crippen LogP) is 3.68. The zero-order valence-corrected chi connectivity index (χ0v) is 15.5. The number of rotatable bonds is 4. The minimum Gasteiger partial charge on any atom is -0.454 e. The molecule has 0 aliphatic heterocycles. The highest BCUT2D eigenvalue weighted by atomic mass is 16.5. The van der Waals surface area contributed by atoms with Crippen LogP contribution in [0.15, 0.2) is 53.1 Å². The Kier molecular flexibility index (Phi) is 3.83. The Balaban J connectivity index is 1.85. The second-order valence-electron chi connectivity index (χ2n) is 7.77. The lowest BCUT2D eigenvalue weighted by Gasteiger charge is -2.37. The molecule has 4 rings (SSSR count). The van der Waals surface area contributed by atoms with Gasteiger partial charge in [-0.2, -0.15) is 0 Å². The van der Waals surface area contributed by atoms with Crippen molar-refractivity contribution < 1.29 is 14.2 Å². The molecule has 0 saturated carbocycles. The second kappa shape index (κ2) is 5.83. The van der Waals surface area contributed by atoms with Gasteiger partial charge in [-0.25, -0.2) is 0 Å². The van der Waals surface area contributed by atoms with Crippen molar-refractivity contribution in [1.82, 2.24) is 4.98 Å². The fourth-order valence-electron chi connectivity index (χ4n) is 3.05. The van der Waals surface area contributed by atoms with Gasteiger partial charge in [0.2, 0.25) is 0 Å². The van der Waals surface area contributed by atoms with Crippen molar-refractivity contribution in [2.75, 3.05) is 0 Å². The Labute approximate surface area is 153 Å². The summed E-state index contributed by atoms with van der Waals surface area (Å²) in [5.74, 6) is 0. The third kappa shape index (κ3) is 2.68. The van der Waals surface area contributed by atoms with E-state index in [0.29, 0.717) is 7.48 Å². The molecule has 4 nitrogen and oxygen atoms in total. The molecule has 0 atom stereocenters. The van der Waals surface area contributed by atoms with Gasteiger partial charge in [0.15, 0.2) is 5.58 Å². The molecule has 0 radical (unpaired) electrons. The predicted molar refractivity (Wildman–Crippen MR) is 107 cm³/mol. The summed E-state index contributed by atoms with van der Waals surface area (Å²) in [5, 5.41) is 13.5. The summed E-state index contributed by atoms with van der Waals surface area (Å²) in [5.41, 5.74) is 1.90. The lowest BCUT2D eigenvalue weighted by atomic mass is 9.80. The van der Waals surface area contributed by atoms with E-state index in [1.54, 1.807) is 20.0 Å². The van der Waals surface area contributed by atoms with Gasteiger partial charge in [0.25, 0.3) is 0 Å². The van der Waals surface area contributed by atoms with E-state index in [9.17, 15) is 5.11 Å². The lowest BCUT2D eigenvalue weighted by Crippen LogP contribution is -2.49. The van der Waals surface area contributed by atoms with Gasteiger partial charge in [-0.3, -0.25) is 4.98 Å². The first-order valence-electron chi connectivity index (χ1n) is 8.82. The highest BCUT2D eigenvalue weighted by Crippen LogP contribution is 2.32. The Morgan fingerprint density at radius 1 is 1.04 bits per heavy atom. The average molecular weight is 347 g/mol. The largest absolute Gasteiger partial charge is 0.454 e. The molecule has 0 bridgehead atoms. The highest BCUT2D eigenvalue weighted by molar-refractivity contribution is 6.53. The third-order valence-electron chi connectivity index (χ3n) is 5.38. The molecule has 0 amide bonds. The van der Waals surface area contributed by atoms with Crippen LogP contribution < -0.4 is 5.46 Å². The Bertz CT molecular complexity index is 1110. The molecular weight excluding hydrogens is 325 g/mol. The molecule has 5 heteroatoms. The van der Waals surface area contributed by atoms with Crippen molar-refractivity contribution in [3.63, 3.8) is 0 Å². The van der Waals surface area contributed by atoms with Crippen LogP contribution in [-0.4, -0.2) is 28.8 Å². The van der Waals surface area contributed by atoms with E-state index in [1.807, 2.05) is 44.2 Å². The summed E-state index contributed by atoms with van der Waals surface area (Å²) >= 11 is 0. The quantitative estimate of drug-likeness (QED) is 0.572. The fourth-order valence-corrected chi connectivity index (χ4v) is 3.05. The third-order valence-corrected chi connectivity index (χ3v) is 5.38. The van der Waals surface area contributed by atoms with Crippen molar-refractivity contribution in [3.8, 4) is 0 Å². The Hall–Kier alpha value is -2.37. The summed E-state index contributed by atoms with van der Waals surface area (Å²) in [6.07, 6.45) is 1.78. The van der Waals surface area contributed by atoms with E-state index in [0.717, 1.165) is 38.3 Å². The van der Waals surface area contributed by atoms with E-state index >= 15 is 0 Å². The van der Waals surface area contributed by atoms with Gasteiger partial charge in [0.1, 0.15) is 11.1 Å². The molecule has 0 spiro atoms.